The van der Waals surface area contributed by atoms with Crippen LogP contribution in [-0.2, 0) is 20.0 Å². The van der Waals surface area contributed by atoms with E-state index in [4.69, 9.17) is 0 Å². The smallest absolute Gasteiger partial charge is 0.191 e. The number of aromatic amines is 1. The summed E-state index contributed by atoms with van der Waals surface area (Å²) >= 11 is 0. The molecule has 0 aliphatic carbocycles. The van der Waals surface area contributed by atoms with Gasteiger partial charge in [0.15, 0.2) is 5.96 Å². The minimum atomic E-state index is -0.228. The number of nitrogens with one attached hydrogen (secondary N) is 3. The van der Waals surface area contributed by atoms with E-state index in [-0.39, 0.29) is 29.8 Å². The van der Waals surface area contributed by atoms with Crippen LogP contribution in [0.25, 0.3) is 10.9 Å². The van der Waals surface area contributed by atoms with Crippen LogP contribution in [0.1, 0.15) is 11.3 Å². The molecule has 1 aromatic carbocycles. The van der Waals surface area contributed by atoms with Gasteiger partial charge in [-0.25, -0.2) is 4.39 Å². The van der Waals surface area contributed by atoms with E-state index < -0.39 is 0 Å². The minimum Gasteiger partial charge on any atom is -0.361 e. The summed E-state index contributed by atoms with van der Waals surface area (Å²) in [5, 5.41) is 11.7. The summed E-state index contributed by atoms with van der Waals surface area (Å²) in [5.41, 5.74) is 3.06. The van der Waals surface area contributed by atoms with Crippen molar-refractivity contribution in [2.24, 2.45) is 12.0 Å². The van der Waals surface area contributed by atoms with Gasteiger partial charge in [0.2, 0.25) is 0 Å². The van der Waals surface area contributed by atoms with Crippen LogP contribution < -0.4 is 10.6 Å². The summed E-state index contributed by atoms with van der Waals surface area (Å²) in [4.78, 5) is 7.32. The quantitative estimate of drug-likeness (QED) is 0.314. The predicted octanol–water partition coefficient (Wildman–Crippen LogP) is 2.57. The average molecular weight is 456 g/mol. The third-order valence-electron chi connectivity index (χ3n) is 4.00. The Balaban J connectivity index is 0.00000225. The molecule has 0 aliphatic heterocycles. The molecule has 0 aliphatic rings. The molecule has 0 amide bonds. The Hall–Kier alpha value is -2.10. The number of hydrogen-bond donors (Lipinski definition) is 3. The SMILES string of the molecule is CN=C(NCCc1c[nH]c2cc(F)ccc12)NCc1ccnn1C.I. The van der Waals surface area contributed by atoms with Crippen molar-refractivity contribution in [3.05, 3.63) is 53.7 Å². The maximum Gasteiger partial charge on any atom is 0.191 e. The van der Waals surface area contributed by atoms with Crippen molar-refractivity contribution >= 4 is 40.8 Å². The van der Waals surface area contributed by atoms with E-state index >= 15 is 0 Å². The van der Waals surface area contributed by atoms with Crippen LogP contribution in [0.3, 0.4) is 0 Å². The molecular weight excluding hydrogens is 434 g/mol. The number of halogens is 2. The lowest BCUT2D eigenvalue weighted by atomic mass is 10.1. The Morgan fingerprint density at radius 3 is 2.88 bits per heavy atom. The van der Waals surface area contributed by atoms with Crippen molar-refractivity contribution in [3.63, 3.8) is 0 Å². The van der Waals surface area contributed by atoms with Crippen molar-refractivity contribution in [1.29, 1.82) is 0 Å². The molecule has 0 spiro atoms. The number of rotatable bonds is 5. The minimum absolute atomic E-state index is 0. The number of nitrogens with zero attached hydrogens (tertiary/aromatic N) is 3. The number of aryl methyl sites for hydroxylation is 1. The van der Waals surface area contributed by atoms with Gasteiger partial charge >= 0.3 is 0 Å². The van der Waals surface area contributed by atoms with E-state index in [0.717, 1.165) is 41.1 Å². The van der Waals surface area contributed by atoms with Gasteiger partial charge in [0, 0.05) is 43.9 Å². The summed E-state index contributed by atoms with van der Waals surface area (Å²) < 4.78 is 15.0. The molecule has 3 aromatic rings. The molecule has 3 rings (SSSR count). The second-order valence-electron chi connectivity index (χ2n) is 5.55. The largest absolute Gasteiger partial charge is 0.361 e. The Labute approximate surface area is 162 Å². The molecule has 134 valence electrons. The highest BCUT2D eigenvalue weighted by Gasteiger charge is 2.05. The van der Waals surface area contributed by atoms with Crippen molar-refractivity contribution in [3.8, 4) is 0 Å². The van der Waals surface area contributed by atoms with Crippen LogP contribution >= 0.6 is 24.0 Å². The highest BCUT2D eigenvalue weighted by atomic mass is 127. The lowest BCUT2D eigenvalue weighted by Crippen LogP contribution is -2.38. The summed E-state index contributed by atoms with van der Waals surface area (Å²) in [7, 11) is 3.65. The Morgan fingerprint density at radius 2 is 2.16 bits per heavy atom. The zero-order valence-electron chi connectivity index (χ0n) is 14.2. The van der Waals surface area contributed by atoms with Gasteiger partial charge in [-0.05, 0) is 36.2 Å². The molecular formula is C17H22FIN6. The third kappa shape index (κ3) is 4.71. The number of H-pyrrole nitrogens is 1. The van der Waals surface area contributed by atoms with Crippen molar-refractivity contribution in [2.75, 3.05) is 13.6 Å². The standard InChI is InChI=1S/C17H21FN6.HI/c1-19-17(22-11-14-6-8-23-24(14)2)20-7-5-12-10-21-16-9-13(18)3-4-15(12)16;/h3-4,6,8-10,21H,5,7,11H2,1-2H3,(H2,19,20,22);1H. The molecule has 0 fully saturated rings. The van der Waals surface area contributed by atoms with Crippen molar-refractivity contribution < 1.29 is 4.39 Å². The van der Waals surface area contributed by atoms with Gasteiger partial charge in [-0.2, -0.15) is 5.10 Å². The molecule has 0 unspecified atom stereocenters. The fourth-order valence-electron chi connectivity index (χ4n) is 2.65. The Bertz CT molecular complexity index is 854. The number of benzene rings is 1. The molecule has 0 atom stereocenters. The average Bonchev–Trinajstić information content (AvgIpc) is 3.16. The van der Waals surface area contributed by atoms with Gasteiger partial charge in [-0.3, -0.25) is 9.67 Å². The molecule has 2 heterocycles. The van der Waals surface area contributed by atoms with Crippen LogP contribution in [0.5, 0.6) is 0 Å². The summed E-state index contributed by atoms with van der Waals surface area (Å²) in [6.45, 7) is 1.39. The van der Waals surface area contributed by atoms with Crippen LogP contribution in [0.15, 0.2) is 41.7 Å². The molecule has 3 N–H and O–H groups in total. The second kappa shape index (κ2) is 8.84. The highest BCUT2D eigenvalue weighted by molar-refractivity contribution is 14.0. The molecule has 25 heavy (non-hydrogen) atoms. The molecule has 8 heteroatoms. The second-order valence-corrected chi connectivity index (χ2v) is 5.55. The third-order valence-corrected chi connectivity index (χ3v) is 4.00. The maximum atomic E-state index is 13.2. The van der Waals surface area contributed by atoms with Gasteiger partial charge in [0.05, 0.1) is 12.2 Å². The van der Waals surface area contributed by atoms with Gasteiger partial charge < -0.3 is 15.6 Å². The lowest BCUT2D eigenvalue weighted by Gasteiger charge is -2.11. The van der Waals surface area contributed by atoms with Gasteiger partial charge in [0.1, 0.15) is 5.82 Å². The Morgan fingerprint density at radius 1 is 1.32 bits per heavy atom. The summed E-state index contributed by atoms with van der Waals surface area (Å²) in [6.07, 6.45) is 4.52. The molecule has 0 radical (unpaired) electrons. The molecule has 6 nitrogen and oxygen atoms in total. The normalized spacial score (nSPS) is 11.4. The van der Waals surface area contributed by atoms with Crippen LogP contribution in [-0.4, -0.2) is 34.3 Å². The van der Waals surface area contributed by atoms with E-state index in [2.05, 4.69) is 25.7 Å². The zero-order valence-corrected chi connectivity index (χ0v) is 16.5. The fourth-order valence-corrected chi connectivity index (χ4v) is 2.65. The monoisotopic (exact) mass is 456 g/mol. The van der Waals surface area contributed by atoms with Gasteiger partial charge in [0.25, 0.3) is 0 Å². The van der Waals surface area contributed by atoms with Crippen molar-refractivity contribution in [2.45, 2.75) is 13.0 Å². The first kappa shape index (κ1) is 19.2. The van der Waals surface area contributed by atoms with E-state index in [1.54, 1.807) is 13.2 Å². The fraction of sp³-hybridized carbons (Fsp3) is 0.294. The van der Waals surface area contributed by atoms with Crippen LogP contribution in [0.4, 0.5) is 4.39 Å². The Kier molecular flexibility index (Phi) is 6.80. The maximum absolute atomic E-state index is 13.2. The van der Waals surface area contributed by atoms with Crippen LogP contribution in [0, 0.1) is 5.82 Å². The molecule has 0 bridgehead atoms. The number of aliphatic imine (C=N–C) groups is 1. The first-order chi connectivity index (χ1) is 11.7. The number of fused-ring (bicyclic) bond motifs is 1. The highest BCUT2D eigenvalue weighted by Crippen LogP contribution is 2.19. The molecule has 0 saturated carbocycles. The van der Waals surface area contributed by atoms with Crippen LogP contribution in [0.2, 0.25) is 0 Å². The van der Waals surface area contributed by atoms with E-state index in [1.807, 2.05) is 30.1 Å². The number of aromatic nitrogens is 3. The first-order valence-electron chi connectivity index (χ1n) is 7.84. The van der Waals surface area contributed by atoms with E-state index in [9.17, 15) is 4.39 Å². The summed E-state index contributed by atoms with van der Waals surface area (Å²) in [5.74, 6) is 0.510. The number of hydrogen-bond acceptors (Lipinski definition) is 2. The number of guanidine groups is 1. The van der Waals surface area contributed by atoms with E-state index in [1.165, 1.54) is 12.1 Å². The van der Waals surface area contributed by atoms with Crippen molar-refractivity contribution in [1.82, 2.24) is 25.4 Å². The molecule has 0 saturated heterocycles. The lowest BCUT2D eigenvalue weighted by molar-refractivity contribution is 0.629. The molecule has 2 aromatic heterocycles. The predicted molar refractivity (Wildman–Crippen MR) is 109 cm³/mol. The zero-order chi connectivity index (χ0) is 16.9. The van der Waals surface area contributed by atoms with Gasteiger partial charge in [-0.15, -0.1) is 24.0 Å². The first-order valence-corrected chi connectivity index (χ1v) is 7.84. The van der Waals surface area contributed by atoms with Gasteiger partial charge in [-0.1, -0.05) is 0 Å². The topological polar surface area (TPSA) is 70.0 Å². The van der Waals surface area contributed by atoms with E-state index in [0.29, 0.717) is 6.54 Å². The summed E-state index contributed by atoms with van der Waals surface area (Å²) in [6, 6.07) is 6.78.